The maximum Gasteiger partial charge on any atom is 0.355 e. The van der Waals surface area contributed by atoms with E-state index in [0.717, 1.165) is 16.6 Å². The van der Waals surface area contributed by atoms with E-state index in [1.54, 1.807) is 54.6 Å². The molecule has 6 aromatic rings. The number of ether oxygens (including phenoxy) is 4. The van der Waals surface area contributed by atoms with Crippen molar-refractivity contribution < 1.29 is 23.7 Å². The van der Waals surface area contributed by atoms with Gasteiger partial charge >= 0.3 is 5.97 Å². The number of rotatable bonds is 8. The number of carbonyl (C=O) groups is 1. The number of nitrogens with two attached hydrogens (primary N) is 1. The summed E-state index contributed by atoms with van der Waals surface area (Å²) >= 11 is 3.52. The fraction of sp³-hybridized carbons (Fsp3) is 0.114. The summed E-state index contributed by atoms with van der Waals surface area (Å²) in [6, 6.07) is 27.1. The Kier molecular flexibility index (Phi) is 11.0. The molecule has 47 heavy (non-hydrogen) atoms. The predicted octanol–water partition coefficient (Wildman–Crippen LogP) is 7.78. The molecule has 0 aliphatic rings. The Labute approximate surface area is 291 Å². The summed E-state index contributed by atoms with van der Waals surface area (Å²) in [6.45, 7) is 0.191. The molecule has 2 heterocycles. The van der Waals surface area contributed by atoms with Crippen LogP contribution in [0.4, 0.5) is 5.69 Å². The molecule has 0 aliphatic carbocycles. The molecule has 2 aromatic heterocycles. The van der Waals surface area contributed by atoms with Crippen molar-refractivity contribution in [1.29, 1.82) is 0 Å². The normalized spacial score (nSPS) is 10.6. The smallest absolute Gasteiger partial charge is 0.355 e. The average Bonchev–Trinajstić information content (AvgIpc) is 3.07. The molecule has 9 nitrogen and oxygen atoms in total. The van der Waals surface area contributed by atoms with Gasteiger partial charge in [-0.05, 0) is 93.6 Å². The lowest BCUT2D eigenvalue weighted by Gasteiger charge is -2.20. The Bertz CT molecular complexity index is 2130. The first kappa shape index (κ1) is 35.1. The maximum atomic E-state index is 14.3. The summed E-state index contributed by atoms with van der Waals surface area (Å²) in [5.41, 5.74) is 9.10. The Balaban J connectivity index is 0.00000250. The monoisotopic (exact) mass is 737 g/mol. The Hall–Kier alpha value is -4.77. The van der Waals surface area contributed by atoms with Gasteiger partial charge in [0.15, 0.2) is 0 Å². The topological polar surface area (TPSA) is 115 Å². The minimum absolute atomic E-state index is 0. The van der Waals surface area contributed by atoms with E-state index < -0.39 is 11.5 Å². The van der Waals surface area contributed by atoms with Crippen LogP contribution >= 0.6 is 40.7 Å². The Morgan fingerprint density at radius 1 is 0.851 bits per heavy atom. The summed E-state index contributed by atoms with van der Waals surface area (Å²) in [7, 11) is 4.34. The molecule has 0 atom stereocenters. The zero-order valence-corrected chi connectivity index (χ0v) is 28.7. The van der Waals surface area contributed by atoms with Gasteiger partial charge in [0, 0.05) is 22.3 Å². The highest BCUT2D eigenvalue weighted by molar-refractivity contribution is 9.10. The molecule has 0 radical (unpaired) electrons. The van der Waals surface area contributed by atoms with Gasteiger partial charge in [-0.2, -0.15) is 0 Å². The predicted molar refractivity (Wildman–Crippen MR) is 192 cm³/mol. The van der Waals surface area contributed by atoms with Crippen molar-refractivity contribution in [2.75, 3.05) is 27.1 Å². The van der Waals surface area contributed by atoms with Crippen molar-refractivity contribution >= 4 is 74.1 Å². The van der Waals surface area contributed by atoms with Crippen molar-refractivity contribution in [3.63, 3.8) is 0 Å². The van der Waals surface area contributed by atoms with Crippen LogP contribution in [0.5, 0.6) is 17.2 Å². The van der Waals surface area contributed by atoms with Gasteiger partial charge in [0.2, 0.25) is 0 Å². The number of hydrogen-bond acceptors (Lipinski definition) is 8. The minimum atomic E-state index is -0.704. The van der Waals surface area contributed by atoms with Crippen LogP contribution < -0.4 is 25.5 Å². The number of methoxy groups -OCH3 is 3. The third-order valence-electron chi connectivity index (χ3n) is 7.46. The second-order valence-electron chi connectivity index (χ2n) is 10.1. The molecule has 0 aliphatic heterocycles. The van der Waals surface area contributed by atoms with Gasteiger partial charge in [0.25, 0.3) is 5.56 Å². The second kappa shape index (κ2) is 14.8. The number of para-hydroxylation sites is 1. The summed E-state index contributed by atoms with van der Waals surface area (Å²) in [6.07, 6.45) is 0. The van der Waals surface area contributed by atoms with Crippen LogP contribution in [0.25, 0.3) is 38.5 Å². The number of nitrogen functional groups attached to an aromatic ring is 1. The van der Waals surface area contributed by atoms with Crippen LogP contribution in [0.3, 0.4) is 0 Å². The van der Waals surface area contributed by atoms with E-state index in [1.165, 1.54) is 25.9 Å². The fourth-order valence-electron chi connectivity index (χ4n) is 5.28. The van der Waals surface area contributed by atoms with E-state index in [9.17, 15) is 9.59 Å². The van der Waals surface area contributed by atoms with E-state index in [-0.39, 0.29) is 37.1 Å². The van der Waals surface area contributed by atoms with Crippen molar-refractivity contribution in [3.05, 3.63) is 117 Å². The van der Waals surface area contributed by atoms with Gasteiger partial charge in [-0.1, -0.05) is 24.3 Å². The zero-order valence-electron chi connectivity index (χ0n) is 25.5. The molecule has 4 aromatic carbocycles. The van der Waals surface area contributed by atoms with E-state index in [1.807, 2.05) is 36.4 Å². The number of esters is 1. The number of carbonyl (C=O) groups excluding carboxylic acids is 1. The molecule has 12 heteroatoms. The van der Waals surface area contributed by atoms with E-state index >= 15 is 0 Å². The van der Waals surface area contributed by atoms with Crippen molar-refractivity contribution in [1.82, 2.24) is 9.55 Å². The van der Waals surface area contributed by atoms with Crippen molar-refractivity contribution in [2.45, 2.75) is 6.61 Å². The highest BCUT2D eigenvalue weighted by Crippen LogP contribution is 2.42. The summed E-state index contributed by atoms with van der Waals surface area (Å²) in [5, 5.41) is 1.86. The van der Waals surface area contributed by atoms with Crippen LogP contribution in [0, 0.1) is 0 Å². The molecule has 0 saturated carbocycles. The number of hydrogen-bond donors (Lipinski definition) is 1. The summed E-state index contributed by atoms with van der Waals surface area (Å²) in [4.78, 5) is 32.5. The molecule has 0 unspecified atom stereocenters. The summed E-state index contributed by atoms with van der Waals surface area (Å²) in [5.74, 6) is 0.702. The van der Waals surface area contributed by atoms with E-state index in [2.05, 4.69) is 20.9 Å². The van der Waals surface area contributed by atoms with Gasteiger partial charge in [0.05, 0.1) is 37.9 Å². The lowest BCUT2D eigenvalue weighted by atomic mass is 9.95. The third kappa shape index (κ3) is 6.71. The highest BCUT2D eigenvalue weighted by atomic mass is 79.9. The zero-order chi connectivity index (χ0) is 31.7. The van der Waals surface area contributed by atoms with Crippen molar-refractivity contribution in [3.8, 4) is 34.1 Å². The molecular weight excluding hydrogens is 709 g/mol. The molecule has 0 spiro atoms. The third-order valence-corrected chi connectivity index (χ3v) is 8.24. The lowest BCUT2D eigenvalue weighted by molar-refractivity contribution is 0.0591. The van der Waals surface area contributed by atoms with E-state index in [4.69, 9.17) is 24.7 Å². The SMILES string of the molecule is COC(=O)c1c(-c2cc(OC)c(Br)c(OC)c2)c2ccc(OCc3ccc4ccccc4n3)cc2c(=O)n1-c1ccc(N)cc1.Cl.Cl. The number of pyridine rings is 2. The van der Waals surface area contributed by atoms with Gasteiger partial charge in [0.1, 0.15) is 34.0 Å². The first-order valence-electron chi connectivity index (χ1n) is 13.9. The molecule has 6 rings (SSSR count). The van der Waals surface area contributed by atoms with Crippen LogP contribution in [0.2, 0.25) is 0 Å². The molecule has 0 saturated heterocycles. The van der Waals surface area contributed by atoms with Crippen LogP contribution in [0.15, 0.2) is 100 Å². The first-order chi connectivity index (χ1) is 21.8. The molecule has 2 N–H and O–H groups in total. The maximum absolute atomic E-state index is 14.3. The van der Waals surface area contributed by atoms with Gasteiger partial charge in [-0.25, -0.2) is 9.78 Å². The number of anilines is 1. The average molecular weight is 739 g/mol. The highest BCUT2D eigenvalue weighted by Gasteiger charge is 2.27. The molecular formula is C35H30BrCl2N3O6. The summed E-state index contributed by atoms with van der Waals surface area (Å²) < 4.78 is 24.5. The van der Waals surface area contributed by atoms with E-state index in [0.29, 0.717) is 55.0 Å². The minimum Gasteiger partial charge on any atom is -0.495 e. The number of aromatic nitrogens is 2. The van der Waals surface area contributed by atoms with Gasteiger partial charge in [-0.15, -0.1) is 24.8 Å². The van der Waals surface area contributed by atoms with Gasteiger partial charge < -0.3 is 24.7 Å². The number of nitrogens with zero attached hydrogens (tertiary/aromatic N) is 2. The van der Waals surface area contributed by atoms with Crippen molar-refractivity contribution in [2.24, 2.45) is 0 Å². The Morgan fingerprint density at radius 2 is 1.53 bits per heavy atom. The quantitative estimate of drug-likeness (QED) is 0.124. The lowest BCUT2D eigenvalue weighted by Crippen LogP contribution is -2.27. The Morgan fingerprint density at radius 3 is 2.19 bits per heavy atom. The number of fused-ring (bicyclic) bond motifs is 2. The molecule has 0 fully saturated rings. The molecule has 242 valence electrons. The number of benzene rings is 4. The van der Waals surface area contributed by atoms with Crippen LogP contribution in [-0.4, -0.2) is 36.8 Å². The van der Waals surface area contributed by atoms with Crippen LogP contribution in [0.1, 0.15) is 16.2 Å². The molecule has 0 amide bonds. The van der Waals surface area contributed by atoms with Crippen LogP contribution in [-0.2, 0) is 11.3 Å². The second-order valence-corrected chi connectivity index (χ2v) is 10.9. The standard InChI is InChI=1S/C35H28BrN3O6.2ClH/c1-42-29-16-21(17-30(43-2)32(29)36)31-26-15-14-25(45-19-23-11-8-20-6-4-5-7-28(20)38-23)18-27(26)34(40)39(33(31)35(41)44-3)24-12-9-22(37)10-13-24;;/h4-18H,19,37H2,1-3H3;2*1H. The molecule has 0 bridgehead atoms. The fourth-order valence-corrected chi connectivity index (χ4v) is 5.83. The first-order valence-corrected chi connectivity index (χ1v) is 14.7. The van der Waals surface area contributed by atoms with Gasteiger partial charge in [-0.3, -0.25) is 9.36 Å². The largest absolute Gasteiger partial charge is 0.495 e. The number of halogens is 3.